The number of nitrogens with one attached hydrogen (secondary N) is 4. The number of benzene rings is 4. The number of carbonyl (C=O) groups is 2. The lowest BCUT2D eigenvalue weighted by atomic mass is 9.79. The van der Waals surface area contributed by atoms with E-state index in [1.54, 1.807) is 48.2 Å². The van der Waals surface area contributed by atoms with Gasteiger partial charge in [-0.1, -0.05) is 76.4 Å². The third-order valence-corrected chi connectivity index (χ3v) is 9.93. The predicted octanol–water partition coefficient (Wildman–Crippen LogP) is 10.0. The van der Waals surface area contributed by atoms with E-state index in [0.29, 0.717) is 54.0 Å². The van der Waals surface area contributed by atoms with E-state index in [2.05, 4.69) is 21.3 Å². The summed E-state index contributed by atoms with van der Waals surface area (Å²) in [4.78, 5) is 30.1. The first-order valence-electron chi connectivity index (χ1n) is 13.5. The third-order valence-electron chi connectivity index (χ3n) is 7.32. The van der Waals surface area contributed by atoms with Crippen molar-refractivity contribution in [3.8, 4) is 0 Å². The summed E-state index contributed by atoms with van der Waals surface area (Å²) in [5.74, 6) is -1.50. The van der Waals surface area contributed by atoms with Crippen LogP contribution in [0.1, 0.15) is 25.3 Å². The molecule has 0 fully saturated rings. The summed E-state index contributed by atoms with van der Waals surface area (Å²) >= 11 is 26.3. The van der Waals surface area contributed by atoms with Crippen molar-refractivity contribution in [1.82, 2.24) is 5.32 Å². The molecule has 2 aliphatic heterocycles. The van der Waals surface area contributed by atoms with E-state index in [1.807, 2.05) is 56.3 Å². The molecule has 0 saturated carbocycles. The van der Waals surface area contributed by atoms with Crippen LogP contribution in [-0.4, -0.2) is 11.8 Å². The van der Waals surface area contributed by atoms with Gasteiger partial charge in [0.25, 0.3) is 11.8 Å². The number of amides is 2. The van der Waals surface area contributed by atoms with Crippen LogP contribution in [0.3, 0.4) is 0 Å². The molecule has 6 rings (SSSR count). The summed E-state index contributed by atoms with van der Waals surface area (Å²) in [5.41, 5.74) is 5.68. The maximum absolute atomic E-state index is 14.0. The van der Waals surface area contributed by atoms with Crippen LogP contribution in [0.25, 0.3) is 0 Å². The van der Waals surface area contributed by atoms with Gasteiger partial charge in [-0.3, -0.25) is 9.59 Å². The Morgan fingerprint density at radius 2 is 1.18 bits per heavy atom. The van der Waals surface area contributed by atoms with Crippen molar-refractivity contribution >= 4 is 92.7 Å². The van der Waals surface area contributed by atoms with Crippen LogP contribution in [-0.2, 0) is 9.59 Å². The number of fused-ring (bicyclic) bond motifs is 2. The van der Waals surface area contributed by atoms with Crippen molar-refractivity contribution in [3.05, 3.63) is 127 Å². The van der Waals surface area contributed by atoms with Gasteiger partial charge in [0.2, 0.25) is 0 Å². The molecule has 0 bridgehead atoms. The zero-order valence-corrected chi connectivity index (χ0v) is 27.2. The highest BCUT2D eigenvalue weighted by atomic mass is 35.5. The molecule has 6 nitrogen and oxygen atoms in total. The van der Waals surface area contributed by atoms with Gasteiger partial charge in [0.05, 0.1) is 31.5 Å². The normalized spacial score (nSPS) is 14.3. The second-order valence-corrected chi connectivity index (χ2v) is 13.0. The first-order valence-corrected chi connectivity index (χ1v) is 15.8. The maximum Gasteiger partial charge on any atom is 0.254 e. The van der Waals surface area contributed by atoms with E-state index in [4.69, 9.17) is 46.4 Å². The van der Waals surface area contributed by atoms with Crippen molar-refractivity contribution in [3.63, 3.8) is 0 Å². The number of hydrogen-bond acceptors (Lipinski definition) is 5. The molecule has 2 aliphatic rings. The SMILES string of the molecule is CC1=C(C(=O)Nc2ccc(Cl)c(Cl)c2)C(c2ccc3c(c2)Sc2ccccc2N3)C(C(=O)Nc2ccc(Cl)c(Cl)c2)=C(C)N1. The van der Waals surface area contributed by atoms with E-state index in [0.717, 1.165) is 26.7 Å². The average molecular weight is 682 g/mol. The van der Waals surface area contributed by atoms with E-state index in [9.17, 15) is 9.59 Å². The fraction of sp³-hybridized carbons (Fsp3) is 0.0909. The Hall–Kier alpha value is -3.59. The van der Waals surface area contributed by atoms with Crippen molar-refractivity contribution in [1.29, 1.82) is 0 Å². The van der Waals surface area contributed by atoms with Crippen molar-refractivity contribution in [2.75, 3.05) is 16.0 Å². The lowest BCUT2D eigenvalue weighted by molar-refractivity contribution is -0.113. The molecule has 11 heteroatoms. The number of dihydropyridines is 1. The minimum atomic E-state index is -0.718. The highest BCUT2D eigenvalue weighted by Gasteiger charge is 2.37. The molecule has 0 aromatic heterocycles. The molecule has 0 spiro atoms. The van der Waals surface area contributed by atoms with Gasteiger partial charge >= 0.3 is 0 Å². The second-order valence-electron chi connectivity index (χ2n) is 10.3. The molecule has 0 saturated heterocycles. The Morgan fingerprint density at radius 3 is 1.75 bits per heavy atom. The van der Waals surface area contributed by atoms with Gasteiger partial charge < -0.3 is 21.3 Å². The van der Waals surface area contributed by atoms with E-state index in [1.165, 1.54) is 0 Å². The Labute approximate surface area is 278 Å². The van der Waals surface area contributed by atoms with Crippen LogP contribution in [0.5, 0.6) is 0 Å². The lowest BCUT2D eigenvalue weighted by Gasteiger charge is -2.32. The molecule has 2 amide bonds. The van der Waals surface area contributed by atoms with Gasteiger partial charge in [-0.25, -0.2) is 0 Å². The number of hydrogen-bond donors (Lipinski definition) is 4. The van der Waals surface area contributed by atoms with Gasteiger partial charge in [-0.15, -0.1) is 0 Å². The molecule has 4 N–H and O–H groups in total. The summed E-state index contributed by atoms with van der Waals surface area (Å²) in [6, 6.07) is 23.7. The Kier molecular flexibility index (Phi) is 8.59. The standard InChI is InChI=1S/C33H24Cl4N4O2S/c1-16-29(32(42)39-19-8-10-21(34)23(36)14-19)31(18-7-12-26-28(13-18)44-27-6-4-3-5-25(27)41-26)30(17(2)38-16)33(43)40-20-9-11-22(35)24(37)15-20/h3-15,31,38,41H,1-2H3,(H,39,42)(H,40,43). The van der Waals surface area contributed by atoms with Gasteiger partial charge in [0.15, 0.2) is 0 Å². The van der Waals surface area contributed by atoms with Gasteiger partial charge in [0, 0.05) is 49.6 Å². The fourth-order valence-corrected chi connectivity index (χ4v) is 6.94. The molecule has 2 heterocycles. The molecule has 0 unspecified atom stereocenters. The summed E-state index contributed by atoms with van der Waals surface area (Å²) in [7, 11) is 0. The number of carbonyl (C=O) groups excluding carboxylic acids is 2. The van der Waals surface area contributed by atoms with E-state index >= 15 is 0 Å². The highest BCUT2D eigenvalue weighted by Crippen LogP contribution is 2.47. The molecular weight excluding hydrogens is 658 g/mol. The summed E-state index contributed by atoms with van der Waals surface area (Å²) in [6.07, 6.45) is 0. The number of halogens is 4. The van der Waals surface area contributed by atoms with Gasteiger partial charge in [-0.05, 0) is 80.1 Å². The molecule has 0 radical (unpaired) electrons. The van der Waals surface area contributed by atoms with Crippen molar-refractivity contribution in [2.45, 2.75) is 29.6 Å². The number of allylic oxidation sites excluding steroid dienone is 2. The lowest BCUT2D eigenvalue weighted by Crippen LogP contribution is -2.35. The average Bonchev–Trinajstić information content (AvgIpc) is 2.99. The number of anilines is 4. The number of rotatable bonds is 5. The number of para-hydroxylation sites is 1. The first-order chi connectivity index (χ1) is 21.1. The molecule has 4 aromatic carbocycles. The molecule has 0 atom stereocenters. The Bertz CT molecular complexity index is 1840. The topological polar surface area (TPSA) is 82.3 Å². The fourth-order valence-electron chi connectivity index (χ4n) is 5.30. The molecule has 222 valence electrons. The smallest absolute Gasteiger partial charge is 0.254 e. The minimum Gasteiger partial charge on any atom is -0.362 e. The quantitative estimate of drug-likeness (QED) is 0.148. The van der Waals surface area contributed by atoms with E-state index < -0.39 is 5.92 Å². The van der Waals surface area contributed by atoms with Gasteiger partial charge in [0.1, 0.15) is 0 Å². The molecule has 0 aliphatic carbocycles. The second kappa shape index (κ2) is 12.4. The minimum absolute atomic E-state index is 0.311. The van der Waals surface area contributed by atoms with Crippen LogP contribution < -0.4 is 21.3 Å². The molecule has 44 heavy (non-hydrogen) atoms. The zero-order chi connectivity index (χ0) is 31.1. The van der Waals surface area contributed by atoms with Crippen LogP contribution in [0.2, 0.25) is 20.1 Å². The van der Waals surface area contributed by atoms with Gasteiger partial charge in [-0.2, -0.15) is 0 Å². The van der Waals surface area contributed by atoms with Crippen molar-refractivity contribution in [2.24, 2.45) is 0 Å². The van der Waals surface area contributed by atoms with Crippen LogP contribution in [0.4, 0.5) is 22.7 Å². The molecular formula is C33H24Cl4N4O2S. The monoisotopic (exact) mass is 680 g/mol. The largest absolute Gasteiger partial charge is 0.362 e. The van der Waals surface area contributed by atoms with E-state index in [-0.39, 0.29) is 11.8 Å². The Balaban J connectivity index is 1.42. The summed E-state index contributed by atoms with van der Waals surface area (Å²) < 4.78 is 0. The maximum atomic E-state index is 14.0. The summed E-state index contributed by atoms with van der Waals surface area (Å²) in [6.45, 7) is 3.64. The predicted molar refractivity (Wildman–Crippen MR) is 182 cm³/mol. The zero-order valence-electron chi connectivity index (χ0n) is 23.3. The first kappa shape index (κ1) is 30.4. The van der Waals surface area contributed by atoms with Crippen LogP contribution >= 0.6 is 58.2 Å². The summed E-state index contributed by atoms with van der Waals surface area (Å²) in [5, 5.41) is 14.0. The highest BCUT2D eigenvalue weighted by molar-refractivity contribution is 7.99. The van der Waals surface area contributed by atoms with Crippen LogP contribution in [0.15, 0.2) is 111 Å². The van der Waals surface area contributed by atoms with Crippen molar-refractivity contribution < 1.29 is 9.59 Å². The molecule has 4 aromatic rings. The third kappa shape index (κ3) is 6.03. The van der Waals surface area contributed by atoms with Crippen LogP contribution in [0, 0.1) is 0 Å². The Morgan fingerprint density at radius 1 is 0.636 bits per heavy atom.